The van der Waals surface area contributed by atoms with E-state index in [-0.39, 0.29) is 18.4 Å². The number of anilines is 1. The van der Waals surface area contributed by atoms with Crippen molar-refractivity contribution in [2.75, 3.05) is 18.4 Å². The maximum atomic E-state index is 12.8. The predicted molar refractivity (Wildman–Crippen MR) is 107 cm³/mol. The summed E-state index contributed by atoms with van der Waals surface area (Å²) in [7, 11) is 0. The third-order valence-electron chi connectivity index (χ3n) is 3.92. The van der Waals surface area contributed by atoms with E-state index in [1.54, 1.807) is 16.5 Å². The first-order valence-electron chi connectivity index (χ1n) is 8.79. The molecule has 2 rings (SSSR count). The van der Waals surface area contributed by atoms with E-state index >= 15 is 0 Å². The van der Waals surface area contributed by atoms with Gasteiger partial charge in [0.1, 0.15) is 5.38 Å². The summed E-state index contributed by atoms with van der Waals surface area (Å²) in [5.74, 6) is -0.510. The molecule has 7 heteroatoms. The van der Waals surface area contributed by atoms with Crippen LogP contribution in [0.4, 0.5) is 5.13 Å². The highest BCUT2D eigenvalue weighted by atomic mass is 35.5. The fourth-order valence-corrected chi connectivity index (χ4v) is 3.37. The van der Waals surface area contributed by atoms with Crippen molar-refractivity contribution >= 4 is 39.9 Å². The Morgan fingerprint density at radius 2 is 2.00 bits per heavy atom. The molecule has 1 N–H and O–H groups in total. The van der Waals surface area contributed by atoms with Gasteiger partial charge in [0.2, 0.25) is 11.8 Å². The lowest BCUT2D eigenvalue weighted by atomic mass is 10.1. The lowest BCUT2D eigenvalue weighted by Crippen LogP contribution is -2.40. The van der Waals surface area contributed by atoms with Gasteiger partial charge in [-0.25, -0.2) is 4.98 Å². The summed E-state index contributed by atoms with van der Waals surface area (Å²) in [6.07, 6.45) is 5.71. The zero-order valence-corrected chi connectivity index (χ0v) is 16.4. The molecule has 0 saturated carbocycles. The minimum absolute atomic E-state index is 0.0272. The highest BCUT2D eigenvalue weighted by molar-refractivity contribution is 7.13. The number of carbonyl (C=O) groups is 2. The number of unbranched alkanes of at least 4 members (excludes halogenated alkanes) is 3. The zero-order valence-electron chi connectivity index (χ0n) is 14.9. The topological polar surface area (TPSA) is 62.3 Å². The third-order valence-corrected chi connectivity index (χ3v) is 5.04. The van der Waals surface area contributed by atoms with E-state index in [4.69, 9.17) is 11.6 Å². The number of nitrogens with one attached hydrogen (secondary N) is 1. The Kier molecular flexibility index (Phi) is 8.58. The standard InChI is InChI=1S/C19H24ClN3O2S/c1-2-3-4-8-12-23(14-16(24)22-19-21-11-13-26-19)18(25)17(20)15-9-6-5-7-10-15/h5-7,9-11,13,17H,2-4,8,12,14H2,1H3,(H,21,22,24)/t17-/m0/s1. The number of nitrogens with zero attached hydrogens (tertiary/aromatic N) is 2. The number of carbonyl (C=O) groups excluding carboxylic acids is 2. The summed E-state index contributed by atoms with van der Waals surface area (Å²) >= 11 is 7.73. The van der Waals surface area contributed by atoms with Crippen LogP contribution in [0.1, 0.15) is 43.5 Å². The smallest absolute Gasteiger partial charge is 0.245 e. The fourth-order valence-electron chi connectivity index (χ4n) is 2.54. The minimum Gasteiger partial charge on any atom is -0.332 e. The molecule has 0 spiro atoms. The first-order valence-corrected chi connectivity index (χ1v) is 10.1. The van der Waals surface area contributed by atoms with Crippen LogP contribution in [0.3, 0.4) is 0 Å². The van der Waals surface area contributed by atoms with Crippen molar-refractivity contribution < 1.29 is 9.59 Å². The summed E-state index contributed by atoms with van der Waals surface area (Å²) in [5, 5.41) is 4.23. The summed E-state index contributed by atoms with van der Waals surface area (Å²) in [6, 6.07) is 9.21. The first-order chi connectivity index (χ1) is 12.6. The van der Waals surface area contributed by atoms with Gasteiger partial charge in [-0.2, -0.15) is 0 Å². The second kappa shape index (κ2) is 10.9. The molecule has 1 atom stereocenters. The van der Waals surface area contributed by atoms with Gasteiger partial charge in [0.25, 0.3) is 0 Å². The number of aromatic nitrogens is 1. The Morgan fingerprint density at radius 1 is 1.23 bits per heavy atom. The number of alkyl halides is 1. The lowest BCUT2D eigenvalue weighted by Gasteiger charge is -2.24. The van der Waals surface area contributed by atoms with Gasteiger partial charge in [-0.15, -0.1) is 22.9 Å². The number of halogens is 1. The molecule has 0 unspecified atom stereocenters. The Bertz CT molecular complexity index is 679. The van der Waals surface area contributed by atoms with Crippen molar-refractivity contribution in [2.24, 2.45) is 0 Å². The maximum Gasteiger partial charge on any atom is 0.245 e. The van der Waals surface area contributed by atoms with Crippen LogP contribution in [0.25, 0.3) is 0 Å². The van der Waals surface area contributed by atoms with Crippen molar-refractivity contribution in [2.45, 2.75) is 38.0 Å². The van der Waals surface area contributed by atoms with E-state index in [0.717, 1.165) is 31.2 Å². The van der Waals surface area contributed by atoms with Crippen LogP contribution in [0, 0.1) is 0 Å². The first kappa shape index (κ1) is 20.4. The van der Waals surface area contributed by atoms with Crippen LogP contribution in [0.15, 0.2) is 41.9 Å². The van der Waals surface area contributed by atoms with E-state index < -0.39 is 5.38 Å². The van der Waals surface area contributed by atoms with Crippen molar-refractivity contribution in [3.8, 4) is 0 Å². The number of hydrogen-bond donors (Lipinski definition) is 1. The fraction of sp³-hybridized carbons (Fsp3) is 0.421. The molecule has 0 bridgehead atoms. The van der Waals surface area contributed by atoms with Crippen LogP contribution in [-0.4, -0.2) is 34.8 Å². The number of thiazole rings is 1. The van der Waals surface area contributed by atoms with Gasteiger partial charge in [0.05, 0.1) is 6.54 Å². The van der Waals surface area contributed by atoms with Gasteiger partial charge < -0.3 is 10.2 Å². The molecule has 0 aliphatic carbocycles. The molecule has 1 aromatic heterocycles. The molecule has 2 amide bonds. The predicted octanol–water partition coefficient (Wildman–Crippen LogP) is 4.47. The number of hydrogen-bond acceptors (Lipinski definition) is 4. The molecule has 0 radical (unpaired) electrons. The largest absolute Gasteiger partial charge is 0.332 e. The van der Waals surface area contributed by atoms with Crippen LogP contribution < -0.4 is 5.32 Å². The van der Waals surface area contributed by atoms with Crippen LogP contribution in [0.5, 0.6) is 0 Å². The van der Waals surface area contributed by atoms with Gasteiger partial charge in [-0.3, -0.25) is 9.59 Å². The molecule has 2 aromatic rings. The molecule has 0 fully saturated rings. The molecule has 0 aliphatic heterocycles. The SMILES string of the molecule is CCCCCCN(CC(=O)Nc1nccs1)C(=O)[C@@H](Cl)c1ccccc1. The lowest BCUT2D eigenvalue weighted by molar-refractivity contribution is -0.134. The molecule has 1 aromatic carbocycles. The average molecular weight is 394 g/mol. The van der Waals surface area contributed by atoms with Crippen LogP contribution in [-0.2, 0) is 9.59 Å². The van der Waals surface area contributed by atoms with Crippen molar-refractivity contribution in [1.82, 2.24) is 9.88 Å². The summed E-state index contributed by atoms with van der Waals surface area (Å²) in [4.78, 5) is 30.7. The summed E-state index contributed by atoms with van der Waals surface area (Å²) < 4.78 is 0. The quantitative estimate of drug-likeness (QED) is 0.478. The maximum absolute atomic E-state index is 12.8. The molecule has 1 heterocycles. The Hall–Kier alpha value is -1.92. The van der Waals surface area contributed by atoms with Crippen LogP contribution in [0.2, 0.25) is 0 Å². The van der Waals surface area contributed by atoms with Gasteiger partial charge in [-0.1, -0.05) is 56.5 Å². The third kappa shape index (κ3) is 6.42. The second-order valence-electron chi connectivity index (χ2n) is 5.98. The van der Waals surface area contributed by atoms with E-state index in [1.165, 1.54) is 11.3 Å². The van der Waals surface area contributed by atoms with Crippen molar-refractivity contribution in [3.05, 3.63) is 47.5 Å². The number of benzene rings is 1. The number of amides is 2. The molecular weight excluding hydrogens is 370 g/mol. The van der Waals surface area contributed by atoms with Gasteiger partial charge in [0.15, 0.2) is 5.13 Å². The normalized spacial score (nSPS) is 11.8. The summed E-state index contributed by atoms with van der Waals surface area (Å²) in [6.45, 7) is 2.62. The molecule has 140 valence electrons. The Labute approximate surface area is 163 Å². The highest BCUT2D eigenvalue weighted by Crippen LogP contribution is 2.23. The van der Waals surface area contributed by atoms with E-state index in [9.17, 15) is 9.59 Å². The van der Waals surface area contributed by atoms with E-state index in [2.05, 4.69) is 17.2 Å². The molecule has 26 heavy (non-hydrogen) atoms. The molecule has 0 aliphatic rings. The van der Waals surface area contributed by atoms with E-state index in [0.29, 0.717) is 11.7 Å². The van der Waals surface area contributed by atoms with E-state index in [1.807, 2.05) is 30.3 Å². The highest BCUT2D eigenvalue weighted by Gasteiger charge is 2.25. The Balaban J connectivity index is 2.01. The molecule has 5 nitrogen and oxygen atoms in total. The summed E-state index contributed by atoms with van der Waals surface area (Å²) in [5.41, 5.74) is 0.734. The van der Waals surface area contributed by atoms with Gasteiger partial charge in [-0.05, 0) is 12.0 Å². The van der Waals surface area contributed by atoms with Crippen molar-refractivity contribution in [3.63, 3.8) is 0 Å². The van der Waals surface area contributed by atoms with Gasteiger partial charge >= 0.3 is 0 Å². The average Bonchev–Trinajstić information content (AvgIpc) is 3.16. The molecule has 0 saturated heterocycles. The zero-order chi connectivity index (χ0) is 18.8. The molecular formula is C19H24ClN3O2S. The second-order valence-corrected chi connectivity index (χ2v) is 7.31. The Morgan fingerprint density at radius 3 is 2.65 bits per heavy atom. The minimum atomic E-state index is -0.796. The van der Waals surface area contributed by atoms with Gasteiger partial charge in [0, 0.05) is 18.1 Å². The van der Waals surface area contributed by atoms with Crippen LogP contribution >= 0.6 is 22.9 Å². The van der Waals surface area contributed by atoms with Crippen molar-refractivity contribution in [1.29, 1.82) is 0 Å². The number of rotatable bonds is 10. The monoisotopic (exact) mass is 393 g/mol.